The summed E-state index contributed by atoms with van der Waals surface area (Å²) in [5, 5.41) is 14.9. The predicted octanol–water partition coefficient (Wildman–Crippen LogP) is 2.51. The van der Waals surface area contributed by atoms with Gasteiger partial charge in [-0.25, -0.2) is 4.68 Å². The van der Waals surface area contributed by atoms with Gasteiger partial charge in [0.1, 0.15) is 6.20 Å². The average molecular weight is 238 g/mol. The van der Waals surface area contributed by atoms with Crippen LogP contribution >= 0.6 is 0 Å². The highest BCUT2D eigenvalue weighted by atomic mass is 16.6. The van der Waals surface area contributed by atoms with Crippen molar-refractivity contribution in [2.45, 2.75) is 45.1 Å². The molecule has 0 amide bonds. The molecule has 0 bridgehead atoms. The Labute approximate surface area is 99.9 Å². The van der Waals surface area contributed by atoms with Gasteiger partial charge in [0.25, 0.3) is 0 Å². The van der Waals surface area contributed by atoms with Crippen LogP contribution in [0.1, 0.15) is 45.1 Å². The standard InChI is InChI=1S/C11H18N4O2/c1-2-8-5-3-4-6-9(8)14-11(12)10(7-13-14)15(16)17/h7-9H,2-6,12H2,1H3. The molecule has 0 spiro atoms. The third-order valence-corrected chi connectivity index (χ3v) is 3.72. The van der Waals surface area contributed by atoms with Crippen LogP contribution in [-0.4, -0.2) is 14.7 Å². The van der Waals surface area contributed by atoms with Gasteiger partial charge in [-0.1, -0.05) is 26.2 Å². The summed E-state index contributed by atoms with van der Waals surface area (Å²) in [7, 11) is 0. The Kier molecular flexibility index (Phi) is 3.31. The molecule has 1 aromatic rings. The molecule has 6 heteroatoms. The lowest BCUT2D eigenvalue weighted by Crippen LogP contribution is -2.24. The summed E-state index contributed by atoms with van der Waals surface area (Å²) in [5.41, 5.74) is 5.73. The number of nitrogen functional groups attached to an aromatic ring is 1. The topological polar surface area (TPSA) is 87.0 Å². The second-order valence-electron chi connectivity index (χ2n) is 4.64. The molecule has 0 saturated heterocycles. The number of nitro groups is 1. The maximum absolute atomic E-state index is 10.7. The summed E-state index contributed by atoms with van der Waals surface area (Å²) >= 11 is 0. The van der Waals surface area contributed by atoms with Crippen molar-refractivity contribution >= 4 is 11.5 Å². The highest BCUT2D eigenvalue weighted by molar-refractivity contribution is 5.51. The van der Waals surface area contributed by atoms with E-state index in [1.165, 1.54) is 12.6 Å². The van der Waals surface area contributed by atoms with Crippen LogP contribution in [0.4, 0.5) is 11.5 Å². The first-order valence-electron chi connectivity index (χ1n) is 6.12. The van der Waals surface area contributed by atoms with Gasteiger partial charge in [-0.3, -0.25) is 10.1 Å². The van der Waals surface area contributed by atoms with Crippen LogP contribution in [0.15, 0.2) is 6.20 Å². The quantitative estimate of drug-likeness (QED) is 0.647. The van der Waals surface area contributed by atoms with E-state index in [0.717, 1.165) is 25.7 Å². The molecule has 6 nitrogen and oxygen atoms in total. The third kappa shape index (κ3) is 2.11. The summed E-state index contributed by atoms with van der Waals surface area (Å²) in [4.78, 5) is 10.3. The van der Waals surface area contributed by atoms with E-state index in [0.29, 0.717) is 5.92 Å². The van der Waals surface area contributed by atoms with Crippen LogP contribution in [-0.2, 0) is 0 Å². The van der Waals surface area contributed by atoms with Crippen molar-refractivity contribution in [1.29, 1.82) is 0 Å². The minimum Gasteiger partial charge on any atom is -0.378 e. The molecule has 17 heavy (non-hydrogen) atoms. The summed E-state index contributed by atoms with van der Waals surface area (Å²) < 4.78 is 1.66. The molecule has 1 heterocycles. The zero-order valence-electron chi connectivity index (χ0n) is 10.0. The summed E-state index contributed by atoms with van der Waals surface area (Å²) in [6, 6.07) is 0.224. The van der Waals surface area contributed by atoms with Crippen molar-refractivity contribution in [3.05, 3.63) is 16.3 Å². The molecular formula is C11H18N4O2. The van der Waals surface area contributed by atoms with Crippen LogP contribution in [0, 0.1) is 16.0 Å². The minimum absolute atomic E-state index is 0.0783. The number of nitrogens with two attached hydrogens (primary N) is 1. The average Bonchev–Trinajstić information content (AvgIpc) is 2.71. The summed E-state index contributed by atoms with van der Waals surface area (Å²) in [5.74, 6) is 0.728. The Morgan fingerprint density at radius 2 is 2.29 bits per heavy atom. The molecule has 2 rings (SSSR count). The number of nitrogens with zero attached hydrogens (tertiary/aromatic N) is 3. The Balaban J connectivity index is 2.29. The van der Waals surface area contributed by atoms with Crippen LogP contribution in [0.25, 0.3) is 0 Å². The molecule has 2 atom stereocenters. The second-order valence-corrected chi connectivity index (χ2v) is 4.64. The third-order valence-electron chi connectivity index (χ3n) is 3.72. The van der Waals surface area contributed by atoms with E-state index < -0.39 is 4.92 Å². The number of rotatable bonds is 3. The maximum atomic E-state index is 10.7. The Morgan fingerprint density at radius 3 is 2.88 bits per heavy atom. The predicted molar refractivity (Wildman–Crippen MR) is 64.6 cm³/mol. The number of hydrogen-bond acceptors (Lipinski definition) is 4. The highest BCUT2D eigenvalue weighted by Crippen LogP contribution is 2.38. The molecule has 1 aliphatic carbocycles. The van der Waals surface area contributed by atoms with E-state index in [-0.39, 0.29) is 17.5 Å². The van der Waals surface area contributed by atoms with E-state index in [2.05, 4.69) is 12.0 Å². The van der Waals surface area contributed by atoms with Gasteiger partial charge >= 0.3 is 5.69 Å². The smallest absolute Gasteiger partial charge is 0.330 e. The zero-order valence-corrected chi connectivity index (χ0v) is 10.0. The Hall–Kier alpha value is -1.59. The normalized spacial score (nSPS) is 24.8. The lowest BCUT2D eigenvalue weighted by atomic mass is 9.83. The summed E-state index contributed by atoms with van der Waals surface area (Å²) in [6.45, 7) is 2.15. The molecule has 1 saturated carbocycles. The number of hydrogen-bond donors (Lipinski definition) is 1. The maximum Gasteiger partial charge on any atom is 0.330 e. The number of aromatic nitrogens is 2. The lowest BCUT2D eigenvalue weighted by molar-refractivity contribution is -0.384. The van der Waals surface area contributed by atoms with Gasteiger partial charge in [-0.15, -0.1) is 0 Å². The van der Waals surface area contributed by atoms with Crippen molar-refractivity contribution in [2.75, 3.05) is 5.73 Å². The first kappa shape index (κ1) is 11.9. The van der Waals surface area contributed by atoms with Crippen molar-refractivity contribution in [3.8, 4) is 0 Å². The van der Waals surface area contributed by atoms with E-state index in [9.17, 15) is 10.1 Å². The fourth-order valence-corrected chi connectivity index (χ4v) is 2.75. The first-order valence-corrected chi connectivity index (χ1v) is 6.12. The van der Waals surface area contributed by atoms with Gasteiger partial charge in [0.15, 0.2) is 0 Å². The largest absolute Gasteiger partial charge is 0.378 e. The molecule has 1 aliphatic rings. The molecule has 1 aromatic heterocycles. The van der Waals surface area contributed by atoms with Crippen LogP contribution < -0.4 is 5.73 Å². The van der Waals surface area contributed by atoms with E-state index in [1.54, 1.807) is 4.68 Å². The van der Waals surface area contributed by atoms with Crippen molar-refractivity contribution < 1.29 is 4.92 Å². The van der Waals surface area contributed by atoms with Gasteiger partial charge in [-0.05, 0) is 18.8 Å². The molecule has 2 N–H and O–H groups in total. The Morgan fingerprint density at radius 1 is 1.59 bits per heavy atom. The van der Waals surface area contributed by atoms with Gasteiger partial charge in [0, 0.05) is 0 Å². The zero-order chi connectivity index (χ0) is 12.4. The molecule has 0 radical (unpaired) electrons. The molecular weight excluding hydrogens is 220 g/mol. The SMILES string of the molecule is CCC1CCCCC1n1ncc([N+](=O)[O-])c1N. The monoisotopic (exact) mass is 238 g/mol. The fourth-order valence-electron chi connectivity index (χ4n) is 2.75. The van der Waals surface area contributed by atoms with Crippen molar-refractivity contribution in [2.24, 2.45) is 5.92 Å². The van der Waals surface area contributed by atoms with Gasteiger partial charge in [0.05, 0.1) is 11.0 Å². The minimum atomic E-state index is -0.470. The molecule has 0 aromatic carbocycles. The molecule has 0 aliphatic heterocycles. The second kappa shape index (κ2) is 4.73. The highest BCUT2D eigenvalue weighted by Gasteiger charge is 2.29. The fraction of sp³-hybridized carbons (Fsp3) is 0.727. The molecule has 94 valence electrons. The van der Waals surface area contributed by atoms with Crippen LogP contribution in [0.2, 0.25) is 0 Å². The van der Waals surface area contributed by atoms with Crippen molar-refractivity contribution in [3.63, 3.8) is 0 Å². The van der Waals surface area contributed by atoms with Crippen LogP contribution in [0.3, 0.4) is 0 Å². The van der Waals surface area contributed by atoms with Gasteiger partial charge in [-0.2, -0.15) is 5.10 Å². The van der Waals surface area contributed by atoms with Crippen LogP contribution in [0.5, 0.6) is 0 Å². The van der Waals surface area contributed by atoms with Crippen molar-refractivity contribution in [1.82, 2.24) is 9.78 Å². The van der Waals surface area contributed by atoms with E-state index in [1.807, 2.05) is 0 Å². The number of anilines is 1. The van der Waals surface area contributed by atoms with E-state index >= 15 is 0 Å². The van der Waals surface area contributed by atoms with Gasteiger partial charge < -0.3 is 5.73 Å². The first-order chi connectivity index (χ1) is 8.15. The Bertz CT molecular complexity index is 416. The molecule has 2 unspecified atom stereocenters. The van der Waals surface area contributed by atoms with Gasteiger partial charge in [0.2, 0.25) is 5.82 Å². The summed E-state index contributed by atoms with van der Waals surface area (Å²) in [6.07, 6.45) is 6.89. The van der Waals surface area contributed by atoms with E-state index in [4.69, 9.17) is 5.73 Å². The lowest BCUT2D eigenvalue weighted by Gasteiger charge is -2.31. The molecule has 1 fully saturated rings.